The van der Waals surface area contributed by atoms with E-state index in [0.29, 0.717) is 17.1 Å². The predicted molar refractivity (Wildman–Crippen MR) is 84.4 cm³/mol. The van der Waals surface area contributed by atoms with Crippen LogP contribution in [0.1, 0.15) is 31.2 Å². The monoisotopic (exact) mass is 279 g/mol. The highest BCUT2D eigenvalue weighted by Crippen LogP contribution is 2.23. The maximum atomic E-state index is 12.1. The predicted octanol–water partition coefficient (Wildman–Crippen LogP) is 3.42. The topological polar surface area (TPSA) is 58.6 Å². The van der Waals surface area contributed by atoms with Crippen LogP contribution in [0.25, 0.3) is 22.2 Å². The molecule has 1 N–H and O–H groups in total. The third kappa shape index (κ3) is 2.44. The van der Waals surface area contributed by atoms with Crippen LogP contribution in [0.2, 0.25) is 0 Å². The van der Waals surface area contributed by atoms with Crippen LogP contribution in [0.5, 0.6) is 0 Å². The highest BCUT2D eigenvalue weighted by Gasteiger charge is 2.12. The van der Waals surface area contributed by atoms with Crippen molar-refractivity contribution in [3.63, 3.8) is 0 Å². The van der Waals surface area contributed by atoms with E-state index < -0.39 is 0 Å². The largest absolute Gasteiger partial charge is 0.310 e. The van der Waals surface area contributed by atoms with Gasteiger partial charge in [0.05, 0.1) is 11.2 Å². The molecule has 1 aromatic carbocycles. The fourth-order valence-corrected chi connectivity index (χ4v) is 2.30. The number of hydrogen-bond acceptors (Lipinski definition) is 3. The summed E-state index contributed by atoms with van der Waals surface area (Å²) in [6.45, 7) is 5.81. The molecule has 0 aliphatic carbocycles. The van der Waals surface area contributed by atoms with Gasteiger partial charge in [-0.25, -0.2) is 4.98 Å². The Hall–Kier alpha value is -2.49. The number of rotatable bonds is 2. The van der Waals surface area contributed by atoms with Crippen molar-refractivity contribution in [2.45, 2.75) is 26.7 Å². The summed E-state index contributed by atoms with van der Waals surface area (Å²) in [7, 11) is 0. The van der Waals surface area contributed by atoms with Crippen molar-refractivity contribution < 1.29 is 0 Å². The molecule has 3 aromatic rings. The first-order chi connectivity index (χ1) is 10.1. The number of nitrogens with zero attached hydrogens (tertiary/aromatic N) is 2. The number of H-pyrrole nitrogens is 1. The summed E-state index contributed by atoms with van der Waals surface area (Å²) in [6, 6.07) is 9.95. The van der Waals surface area contributed by atoms with Gasteiger partial charge in [-0.3, -0.25) is 9.78 Å². The van der Waals surface area contributed by atoms with Gasteiger partial charge in [-0.15, -0.1) is 0 Å². The summed E-state index contributed by atoms with van der Waals surface area (Å²) in [5.41, 5.74) is 3.06. The summed E-state index contributed by atoms with van der Waals surface area (Å²) < 4.78 is 0. The van der Waals surface area contributed by atoms with Gasteiger partial charge < -0.3 is 4.98 Å². The van der Waals surface area contributed by atoms with Gasteiger partial charge in [-0.2, -0.15) is 0 Å². The van der Waals surface area contributed by atoms with Crippen molar-refractivity contribution in [3.05, 3.63) is 58.3 Å². The molecule has 4 nitrogen and oxygen atoms in total. The molecule has 0 unspecified atom stereocenters. The van der Waals surface area contributed by atoms with E-state index in [4.69, 9.17) is 0 Å². The number of aromatic amines is 1. The number of benzene rings is 1. The lowest BCUT2D eigenvalue weighted by Crippen LogP contribution is -2.16. The third-order valence-corrected chi connectivity index (χ3v) is 3.58. The molecule has 0 fully saturated rings. The fraction of sp³-hybridized carbons (Fsp3) is 0.235. The van der Waals surface area contributed by atoms with Crippen molar-refractivity contribution in [2.24, 2.45) is 0 Å². The highest BCUT2D eigenvalue weighted by atomic mass is 16.1. The van der Waals surface area contributed by atoms with Crippen LogP contribution in [0.3, 0.4) is 0 Å². The molecule has 0 aliphatic rings. The second-order valence-electron chi connectivity index (χ2n) is 5.50. The first-order valence-electron chi connectivity index (χ1n) is 7.02. The molecule has 106 valence electrons. The Morgan fingerprint density at radius 2 is 1.95 bits per heavy atom. The van der Waals surface area contributed by atoms with E-state index in [9.17, 15) is 4.79 Å². The van der Waals surface area contributed by atoms with Crippen LogP contribution in [0.4, 0.5) is 0 Å². The van der Waals surface area contributed by atoms with Gasteiger partial charge in [-0.05, 0) is 19.1 Å². The molecule has 0 radical (unpaired) electrons. The smallest absolute Gasteiger partial charge is 0.254 e. The Morgan fingerprint density at radius 3 is 2.71 bits per heavy atom. The minimum atomic E-state index is -0.0862. The second-order valence-corrected chi connectivity index (χ2v) is 5.50. The van der Waals surface area contributed by atoms with E-state index in [0.717, 1.165) is 16.5 Å². The molecule has 2 aromatic heterocycles. The zero-order valence-electron chi connectivity index (χ0n) is 12.3. The van der Waals surface area contributed by atoms with Crippen LogP contribution in [0.15, 0.2) is 41.3 Å². The summed E-state index contributed by atoms with van der Waals surface area (Å²) in [5.74, 6) is 0.874. The lowest BCUT2D eigenvalue weighted by atomic mass is 10.1. The van der Waals surface area contributed by atoms with Gasteiger partial charge >= 0.3 is 0 Å². The average Bonchev–Trinajstić information content (AvgIpc) is 2.49. The van der Waals surface area contributed by atoms with Crippen LogP contribution < -0.4 is 5.56 Å². The molecule has 0 aliphatic heterocycles. The van der Waals surface area contributed by atoms with Gasteiger partial charge in [0.2, 0.25) is 0 Å². The molecular weight excluding hydrogens is 262 g/mol. The molecule has 0 atom stereocenters. The Kier molecular flexibility index (Phi) is 3.29. The van der Waals surface area contributed by atoms with Gasteiger partial charge in [0.25, 0.3) is 5.56 Å². The van der Waals surface area contributed by atoms with Crippen molar-refractivity contribution in [2.75, 3.05) is 0 Å². The molecule has 0 bridgehead atoms. The van der Waals surface area contributed by atoms with Crippen LogP contribution in [0, 0.1) is 6.92 Å². The Labute approximate surface area is 122 Å². The Bertz CT molecular complexity index is 865. The lowest BCUT2D eigenvalue weighted by molar-refractivity contribution is 0.765. The van der Waals surface area contributed by atoms with E-state index in [1.807, 2.05) is 44.2 Å². The van der Waals surface area contributed by atoms with E-state index in [-0.39, 0.29) is 11.5 Å². The maximum Gasteiger partial charge on any atom is 0.254 e. The summed E-state index contributed by atoms with van der Waals surface area (Å²) >= 11 is 0. The number of para-hydroxylation sites is 1. The van der Waals surface area contributed by atoms with E-state index >= 15 is 0 Å². The zero-order chi connectivity index (χ0) is 15.0. The molecule has 0 spiro atoms. The number of fused-ring (bicyclic) bond motifs is 1. The molecule has 0 saturated carbocycles. The average molecular weight is 279 g/mol. The molecule has 21 heavy (non-hydrogen) atoms. The molecule has 3 rings (SSSR count). The standard InChI is InChI=1S/C17H17N3O/c1-10(2)16-19-15(11(3)17(21)20-16)13-8-12-6-4-5-7-14(12)18-9-13/h4-10H,1-3H3,(H,19,20,21). The van der Waals surface area contributed by atoms with Gasteiger partial charge in [-0.1, -0.05) is 32.0 Å². The molecule has 2 heterocycles. The maximum absolute atomic E-state index is 12.1. The van der Waals surface area contributed by atoms with Crippen LogP contribution in [-0.2, 0) is 0 Å². The summed E-state index contributed by atoms with van der Waals surface area (Å²) in [4.78, 5) is 24.0. The summed E-state index contributed by atoms with van der Waals surface area (Å²) in [6.07, 6.45) is 1.78. The van der Waals surface area contributed by atoms with Crippen molar-refractivity contribution in [1.82, 2.24) is 15.0 Å². The van der Waals surface area contributed by atoms with Gasteiger partial charge in [0, 0.05) is 28.6 Å². The number of nitrogens with one attached hydrogen (secondary N) is 1. The molecule has 4 heteroatoms. The number of hydrogen-bond donors (Lipinski definition) is 1. The Morgan fingerprint density at radius 1 is 1.19 bits per heavy atom. The van der Waals surface area contributed by atoms with Gasteiger partial charge in [0.1, 0.15) is 5.82 Å². The van der Waals surface area contributed by atoms with Crippen molar-refractivity contribution >= 4 is 10.9 Å². The molecular formula is C17H17N3O. The normalized spacial score (nSPS) is 11.2. The summed E-state index contributed by atoms with van der Waals surface area (Å²) in [5, 5.41) is 1.04. The van der Waals surface area contributed by atoms with E-state index in [2.05, 4.69) is 15.0 Å². The quantitative estimate of drug-likeness (QED) is 0.782. The SMILES string of the molecule is Cc1c(-c2cnc3ccccc3c2)nc(C(C)C)[nH]c1=O. The van der Waals surface area contributed by atoms with Gasteiger partial charge in [0.15, 0.2) is 0 Å². The minimum Gasteiger partial charge on any atom is -0.310 e. The first-order valence-corrected chi connectivity index (χ1v) is 7.02. The third-order valence-electron chi connectivity index (χ3n) is 3.58. The highest BCUT2D eigenvalue weighted by molar-refractivity contribution is 5.83. The van der Waals surface area contributed by atoms with E-state index in [1.165, 1.54) is 0 Å². The fourth-order valence-electron chi connectivity index (χ4n) is 2.30. The lowest BCUT2D eigenvalue weighted by Gasteiger charge is -2.10. The Balaban J connectivity index is 2.24. The van der Waals surface area contributed by atoms with Crippen LogP contribution >= 0.6 is 0 Å². The van der Waals surface area contributed by atoms with Crippen molar-refractivity contribution in [3.8, 4) is 11.3 Å². The molecule has 0 amide bonds. The number of pyridine rings is 1. The number of aromatic nitrogens is 3. The van der Waals surface area contributed by atoms with Crippen LogP contribution in [-0.4, -0.2) is 15.0 Å². The first kappa shape index (κ1) is 13.5. The minimum absolute atomic E-state index is 0.0862. The zero-order valence-corrected chi connectivity index (χ0v) is 12.3. The van der Waals surface area contributed by atoms with E-state index in [1.54, 1.807) is 13.1 Å². The van der Waals surface area contributed by atoms with Crippen molar-refractivity contribution in [1.29, 1.82) is 0 Å². The second kappa shape index (κ2) is 5.13. The molecule has 0 saturated heterocycles.